The Hall–Kier alpha value is -1.13. The molecule has 134 valence electrons. The molecular formula is C19H34O4. The Balaban J connectivity index is 3.51. The number of allylic oxidation sites excluding steroid dienone is 3. The highest BCUT2D eigenvalue weighted by molar-refractivity contribution is 5.68. The quantitative estimate of drug-likeness (QED) is 0.143. The van der Waals surface area contributed by atoms with Crippen molar-refractivity contribution in [2.45, 2.75) is 83.7 Å². The molecule has 0 amide bonds. The summed E-state index contributed by atoms with van der Waals surface area (Å²) in [5.41, 5.74) is 0. The minimum atomic E-state index is -0.194. The van der Waals surface area contributed by atoms with Crippen molar-refractivity contribution >= 4 is 5.97 Å². The molecule has 0 unspecified atom stereocenters. The third-order valence-corrected chi connectivity index (χ3v) is 3.78. The molecule has 0 rings (SSSR count). The van der Waals surface area contributed by atoms with Crippen LogP contribution in [0.25, 0.3) is 0 Å². The fourth-order valence-corrected chi connectivity index (χ4v) is 2.31. The van der Waals surface area contributed by atoms with Gasteiger partial charge < -0.3 is 4.74 Å². The Bertz CT molecular complexity index is 323. The van der Waals surface area contributed by atoms with E-state index >= 15 is 0 Å². The summed E-state index contributed by atoms with van der Waals surface area (Å²) in [4.78, 5) is 15.4. The van der Waals surface area contributed by atoms with Gasteiger partial charge in [0, 0.05) is 6.42 Å². The first-order valence-corrected chi connectivity index (χ1v) is 8.95. The van der Waals surface area contributed by atoms with Crippen LogP contribution in [-0.2, 0) is 14.4 Å². The maximum Gasteiger partial charge on any atom is 0.305 e. The lowest BCUT2D eigenvalue weighted by Crippen LogP contribution is -2.06. The van der Waals surface area contributed by atoms with Crippen LogP contribution < -0.4 is 0 Å². The number of carbonyl (C=O) groups is 1. The second-order valence-electron chi connectivity index (χ2n) is 5.84. The maximum absolute atomic E-state index is 10.9. The zero-order valence-electron chi connectivity index (χ0n) is 14.8. The second kappa shape index (κ2) is 17.2. The van der Waals surface area contributed by atoms with E-state index in [-0.39, 0.29) is 12.1 Å². The van der Waals surface area contributed by atoms with Gasteiger partial charge in [0.2, 0.25) is 0 Å². The molecule has 0 aromatic heterocycles. The third kappa shape index (κ3) is 15.5. The van der Waals surface area contributed by atoms with E-state index in [1.807, 2.05) is 18.2 Å². The highest BCUT2D eigenvalue weighted by Crippen LogP contribution is 2.09. The minimum absolute atomic E-state index is 0.112. The van der Waals surface area contributed by atoms with Gasteiger partial charge in [0.1, 0.15) is 6.10 Å². The number of ether oxygens (including phenoxy) is 1. The highest BCUT2D eigenvalue weighted by atomic mass is 17.1. The molecule has 0 bridgehead atoms. The van der Waals surface area contributed by atoms with E-state index in [9.17, 15) is 4.79 Å². The lowest BCUT2D eigenvalue weighted by molar-refractivity contribution is -0.267. The smallest absolute Gasteiger partial charge is 0.305 e. The highest BCUT2D eigenvalue weighted by Gasteiger charge is 2.02. The summed E-state index contributed by atoms with van der Waals surface area (Å²) in [5.74, 6) is -0.112. The molecular weight excluding hydrogens is 292 g/mol. The van der Waals surface area contributed by atoms with Gasteiger partial charge in [-0.15, -0.1) is 0 Å². The van der Waals surface area contributed by atoms with Crippen LogP contribution in [0, 0.1) is 0 Å². The molecule has 1 N–H and O–H groups in total. The first kappa shape index (κ1) is 21.9. The van der Waals surface area contributed by atoms with E-state index in [0.717, 1.165) is 32.1 Å². The number of methoxy groups -OCH3 is 1. The minimum Gasteiger partial charge on any atom is -0.469 e. The summed E-state index contributed by atoms with van der Waals surface area (Å²) in [5, 5.41) is 8.81. The molecule has 0 aliphatic heterocycles. The molecule has 0 aliphatic rings. The molecule has 0 fully saturated rings. The van der Waals surface area contributed by atoms with Crippen molar-refractivity contribution < 1.29 is 19.7 Å². The van der Waals surface area contributed by atoms with Gasteiger partial charge in [-0.1, -0.05) is 69.8 Å². The van der Waals surface area contributed by atoms with Crippen molar-refractivity contribution in [2.24, 2.45) is 0 Å². The van der Waals surface area contributed by atoms with Crippen molar-refractivity contribution in [3.05, 3.63) is 24.3 Å². The molecule has 0 radical (unpaired) electrons. The molecule has 4 heteroatoms. The summed E-state index contributed by atoms with van der Waals surface area (Å²) >= 11 is 0. The molecule has 0 aliphatic carbocycles. The van der Waals surface area contributed by atoms with Crippen LogP contribution in [0.1, 0.15) is 77.6 Å². The van der Waals surface area contributed by atoms with E-state index in [1.165, 1.54) is 39.2 Å². The van der Waals surface area contributed by atoms with Crippen molar-refractivity contribution in [3.63, 3.8) is 0 Å². The first-order valence-electron chi connectivity index (χ1n) is 8.95. The summed E-state index contributed by atoms with van der Waals surface area (Å²) < 4.78 is 4.61. The van der Waals surface area contributed by atoms with Crippen LogP contribution in [0.4, 0.5) is 0 Å². The maximum atomic E-state index is 10.9. The Morgan fingerprint density at radius 2 is 1.78 bits per heavy atom. The van der Waals surface area contributed by atoms with E-state index in [1.54, 1.807) is 0 Å². The number of unbranched alkanes of at least 4 members (excludes halogenated alkanes) is 7. The number of rotatable bonds is 15. The first-order chi connectivity index (χ1) is 11.2. The molecule has 23 heavy (non-hydrogen) atoms. The molecule has 0 heterocycles. The van der Waals surface area contributed by atoms with E-state index in [0.29, 0.717) is 6.42 Å². The standard InChI is InChI=1S/C19H34O4/c1-3-4-12-15-18(23-21)16-13-10-8-6-5-7-9-11-14-17-19(20)22-2/h8,10,13,16,18,21H,3-7,9,11-12,14-15,17H2,1-2H3/t18-/m0/s1. The fourth-order valence-electron chi connectivity index (χ4n) is 2.31. The summed E-state index contributed by atoms with van der Waals surface area (Å²) in [6.07, 6.45) is 19.2. The molecule has 4 nitrogen and oxygen atoms in total. The zero-order chi connectivity index (χ0) is 17.2. The van der Waals surface area contributed by atoms with Gasteiger partial charge in [-0.25, -0.2) is 4.89 Å². The van der Waals surface area contributed by atoms with E-state index in [4.69, 9.17) is 5.26 Å². The van der Waals surface area contributed by atoms with Crippen LogP contribution in [0.3, 0.4) is 0 Å². The van der Waals surface area contributed by atoms with Gasteiger partial charge in [0.05, 0.1) is 7.11 Å². The summed E-state index contributed by atoms with van der Waals surface area (Å²) in [6, 6.07) is 0. The van der Waals surface area contributed by atoms with Crippen LogP contribution >= 0.6 is 0 Å². The number of carbonyl (C=O) groups excluding carboxylic acids is 1. The van der Waals surface area contributed by atoms with Gasteiger partial charge in [-0.2, -0.15) is 0 Å². The van der Waals surface area contributed by atoms with Crippen molar-refractivity contribution in [1.29, 1.82) is 0 Å². The van der Waals surface area contributed by atoms with Crippen molar-refractivity contribution in [1.82, 2.24) is 0 Å². The molecule has 1 atom stereocenters. The SMILES string of the molecule is CCCCC[C@@H](C=CC=CCCCCCCCC(=O)OC)OO. The molecule has 0 saturated carbocycles. The lowest BCUT2D eigenvalue weighted by Gasteiger charge is -2.07. The monoisotopic (exact) mass is 326 g/mol. The normalized spacial score (nSPS) is 13.0. The third-order valence-electron chi connectivity index (χ3n) is 3.78. The topological polar surface area (TPSA) is 55.8 Å². The van der Waals surface area contributed by atoms with Gasteiger partial charge in [0.15, 0.2) is 0 Å². The molecule has 0 spiro atoms. The Kier molecular flexibility index (Phi) is 16.4. The fraction of sp³-hybridized carbons (Fsp3) is 0.737. The van der Waals surface area contributed by atoms with E-state index < -0.39 is 0 Å². The number of hydrogen-bond acceptors (Lipinski definition) is 4. The van der Waals surface area contributed by atoms with Crippen molar-refractivity contribution in [3.8, 4) is 0 Å². The average molecular weight is 326 g/mol. The van der Waals surface area contributed by atoms with Gasteiger partial charge in [-0.05, 0) is 25.7 Å². The van der Waals surface area contributed by atoms with Gasteiger partial charge in [-0.3, -0.25) is 10.1 Å². The number of hydrogen-bond donors (Lipinski definition) is 1. The average Bonchev–Trinajstić information content (AvgIpc) is 2.57. The molecule has 0 saturated heterocycles. The lowest BCUT2D eigenvalue weighted by atomic mass is 10.1. The van der Waals surface area contributed by atoms with Crippen LogP contribution in [0.5, 0.6) is 0 Å². The van der Waals surface area contributed by atoms with E-state index in [2.05, 4.69) is 22.6 Å². The van der Waals surface area contributed by atoms with Crippen LogP contribution in [0.2, 0.25) is 0 Å². The largest absolute Gasteiger partial charge is 0.469 e. The number of esters is 1. The van der Waals surface area contributed by atoms with Crippen LogP contribution in [0.15, 0.2) is 24.3 Å². The van der Waals surface area contributed by atoms with Crippen molar-refractivity contribution in [2.75, 3.05) is 7.11 Å². The van der Waals surface area contributed by atoms with Gasteiger partial charge in [0.25, 0.3) is 0 Å². The predicted octanol–water partition coefficient (Wildman–Crippen LogP) is 5.44. The van der Waals surface area contributed by atoms with Crippen LogP contribution in [-0.4, -0.2) is 24.4 Å². The zero-order valence-corrected chi connectivity index (χ0v) is 14.8. The molecule has 0 aromatic carbocycles. The molecule has 0 aromatic rings. The Morgan fingerprint density at radius 3 is 2.48 bits per heavy atom. The Labute approximate surface area is 141 Å². The summed E-state index contributed by atoms with van der Waals surface area (Å²) in [6.45, 7) is 2.16. The predicted molar refractivity (Wildman–Crippen MR) is 94.3 cm³/mol. The Morgan fingerprint density at radius 1 is 1.04 bits per heavy atom. The second-order valence-corrected chi connectivity index (χ2v) is 5.84. The summed E-state index contributed by atoms with van der Waals surface area (Å²) in [7, 11) is 1.43. The van der Waals surface area contributed by atoms with Gasteiger partial charge >= 0.3 is 5.97 Å².